The van der Waals surface area contributed by atoms with Crippen LogP contribution < -0.4 is 3.71 Å². The van der Waals surface area contributed by atoms with Gasteiger partial charge in [0.15, 0.2) is 0 Å². The first kappa shape index (κ1) is 25.1. The van der Waals surface area contributed by atoms with Gasteiger partial charge in [0.25, 0.3) is 0 Å². The van der Waals surface area contributed by atoms with Crippen LogP contribution in [0, 0.1) is 0 Å². The number of hydrogen-bond donors (Lipinski definition) is 0. The van der Waals surface area contributed by atoms with E-state index in [1.54, 1.807) is 14.2 Å². The van der Waals surface area contributed by atoms with Gasteiger partial charge in [-0.1, -0.05) is 0 Å². The Labute approximate surface area is 183 Å². The van der Waals surface area contributed by atoms with Crippen LogP contribution in [0.1, 0.15) is 77.0 Å². The quantitative estimate of drug-likeness (QED) is 0.307. The average Bonchev–Trinajstić information content (AvgIpc) is 3.24. The van der Waals surface area contributed by atoms with Gasteiger partial charge >= 0.3 is 183 Å². The van der Waals surface area contributed by atoms with Crippen molar-refractivity contribution in [3.05, 3.63) is 23.4 Å². The van der Waals surface area contributed by atoms with Crippen molar-refractivity contribution in [2.75, 3.05) is 27.4 Å². The fraction of sp³-hybridized carbons (Fsp3) is 0.792. The minimum absolute atomic E-state index is 0.392. The Hall–Kier alpha value is -0.171. The van der Waals surface area contributed by atoms with Crippen LogP contribution in [0.4, 0.5) is 0 Å². The standard InChI is InChI=1S/C12H16NO3.3C4H9.Sn/c1-14-8-10-3-5-13-11(7-10)12(15-2)4-6-16-9-12;3*1-3-4-2;/h3,7H,4,6,8-9H2,1-2H3;3*1,3-4H2,2H3;/t12-;;;;/m0..../s1. The molecule has 0 radical (unpaired) electrons. The molecular weight excluding hydrogens is 469 g/mol. The fourth-order valence-corrected chi connectivity index (χ4v) is 20.2. The van der Waals surface area contributed by atoms with Gasteiger partial charge in [0.1, 0.15) is 0 Å². The minimum atomic E-state index is -2.62. The van der Waals surface area contributed by atoms with Crippen molar-refractivity contribution >= 4 is 22.1 Å². The molecule has 166 valence electrons. The van der Waals surface area contributed by atoms with Crippen molar-refractivity contribution in [1.29, 1.82) is 0 Å². The molecule has 0 spiro atoms. The second kappa shape index (κ2) is 12.6. The Morgan fingerprint density at radius 1 is 1.00 bits per heavy atom. The SMILES string of the molecule is CCC[CH2][Sn]([CH2]CCC)([CH2]CCC)[c]1cc(COC)cc([C@]2(OC)CCOC2)n1. The Morgan fingerprint density at radius 3 is 2.07 bits per heavy atom. The average molecular weight is 512 g/mol. The summed E-state index contributed by atoms with van der Waals surface area (Å²) in [7, 11) is 3.59. The normalized spacial score (nSPS) is 19.8. The van der Waals surface area contributed by atoms with Crippen molar-refractivity contribution in [1.82, 2.24) is 4.98 Å². The van der Waals surface area contributed by atoms with Crippen LogP contribution in [0.25, 0.3) is 0 Å². The van der Waals surface area contributed by atoms with Crippen LogP contribution in [0.5, 0.6) is 0 Å². The van der Waals surface area contributed by atoms with Gasteiger partial charge in [-0.2, -0.15) is 0 Å². The maximum atomic E-state index is 6.02. The van der Waals surface area contributed by atoms with Gasteiger partial charge in [-0.3, -0.25) is 0 Å². The molecule has 1 aromatic rings. The third-order valence-electron chi connectivity index (χ3n) is 6.61. The van der Waals surface area contributed by atoms with E-state index >= 15 is 0 Å². The topological polar surface area (TPSA) is 40.6 Å². The second-order valence-electron chi connectivity index (χ2n) is 8.77. The Kier molecular flexibility index (Phi) is 10.9. The summed E-state index contributed by atoms with van der Waals surface area (Å²) in [6.45, 7) is 8.97. The summed E-state index contributed by atoms with van der Waals surface area (Å²) in [5, 5.41) is 0. The van der Waals surface area contributed by atoms with Crippen LogP contribution in [-0.2, 0) is 26.4 Å². The molecule has 1 aliphatic rings. The summed E-state index contributed by atoms with van der Waals surface area (Å²) in [4.78, 5) is 5.40. The van der Waals surface area contributed by atoms with Crippen molar-refractivity contribution in [3.8, 4) is 0 Å². The van der Waals surface area contributed by atoms with Crippen LogP contribution in [0.15, 0.2) is 12.1 Å². The molecule has 0 amide bonds. The first-order valence-electron chi connectivity index (χ1n) is 11.7. The first-order chi connectivity index (χ1) is 14.1. The molecule has 4 nitrogen and oxygen atoms in total. The van der Waals surface area contributed by atoms with Gasteiger partial charge in [-0.15, -0.1) is 0 Å². The van der Waals surface area contributed by atoms with E-state index in [0.29, 0.717) is 13.2 Å². The van der Waals surface area contributed by atoms with E-state index in [-0.39, 0.29) is 0 Å². The van der Waals surface area contributed by atoms with Gasteiger partial charge in [-0.05, 0) is 0 Å². The number of aromatic nitrogens is 1. The third-order valence-corrected chi connectivity index (χ3v) is 21.7. The number of hydrogen-bond acceptors (Lipinski definition) is 4. The molecule has 0 aliphatic carbocycles. The molecule has 1 aromatic heterocycles. The number of unbranched alkanes of at least 4 members (excludes halogenated alkanes) is 3. The van der Waals surface area contributed by atoms with Gasteiger partial charge < -0.3 is 0 Å². The zero-order valence-corrected chi connectivity index (χ0v) is 22.4. The summed E-state index contributed by atoms with van der Waals surface area (Å²) in [6.07, 6.45) is 8.73. The molecule has 2 heterocycles. The molecule has 1 saturated heterocycles. The van der Waals surface area contributed by atoms with Crippen LogP contribution in [-0.4, -0.2) is 50.8 Å². The first-order valence-corrected chi connectivity index (χ1v) is 19.2. The van der Waals surface area contributed by atoms with E-state index in [1.165, 1.54) is 61.1 Å². The Morgan fingerprint density at radius 2 is 1.62 bits per heavy atom. The second-order valence-corrected chi connectivity index (χ2v) is 21.8. The number of pyridine rings is 1. The van der Waals surface area contributed by atoms with Crippen LogP contribution in [0.3, 0.4) is 0 Å². The van der Waals surface area contributed by atoms with Crippen molar-refractivity contribution < 1.29 is 14.2 Å². The molecular formula is C24H43NO3Sn. The molecule has 0 bridgehead atoms. The summed E-state index contributed by atoms with van der Waals surface area (Å²) in [5.74, 6) is 0. The van der Waals surface area contributed by atoms with E-state index in [0.717, 1.165) is 18.7 Å². The summed E-state index contributed by atoms with van der Waals surface area (Å²) in [5.41, 5.74) is 1.94. The molecule has 1 fully saturated rings. The zero-order chi connectivity index (χ0) is 21.2. The molecule has 1 atom stereocenters. The van der Waals surface area contributed by atoms with Gasteiger partial charge in [0.05, 0.1) is 0 Å². The number of rotatable bonds is 14. The maximum absolute atomic E-state index is 6.02. The molecule has 5 heteroatoms. The van der Waals surface area contributed by atoms with Crippen LogP contribution in [0.2, 0.25) is 13.3 Å². The van der Waals surface area contributed by atoms with E-state index in [9.17, 15) is 0 Å². The van der Waals surface area contributed by atoms with Crippen molar-refractivity contribution in [2.45, 2.75) is 91.2 Å². The number of nitrogens with zero attached hydrogens (tertiary/aromatic N) is 1. The molecule has 2 rings (SSSR count). The molecule has 0 unspecified atom stereocenters. The molecule has 29 heavy (non-hydrogen) atoms. The Balaban J connectivity index is 2.56. The van der Waals surface area contributed by atoms with E-state index in [4.69, 9.17) is 19.2 Å². The molecule has 1 aliphatic heterocycles. The Bertz CT molecular complexity index is 580. The van der Waals surface area contributed by atoms with Gasteiger partial charge in [-0.25, -0.2) is 0 Å². The molecule has 0 N–H and O–H groups in total. The summed E-state index contributed by atoms with van der Waals surface area (Å²) < 4.78 is 23.0. The van der Waals surface area contributed by atoms with Crippen molar-refractivity contribution in [2.24, 2.45) is 0 Å². The number of methoxy groups -OCH3 is 2. The monoisotopic (exact) mass is 513 g/mol. The molecule has 0 saturated carbocycles. The predicted molar refractivity (Wildman–Crippen MR) is 124 cm³/mol. The zero-order valence-electron chi connectivity index (χ0n) is 19.5. The van der Waals surface area contributed by atoms with E-state index in [1.807, 2.05) is 0 Å². The summed E-state index contributed by atoms with van der Waals surface area (Å²) >= 11 is -2.62. The van der Waals surface area contributed by atoms with Crippen molar-refractivity contribution in [3.63, 3.8) is 0 Å². The summed E-state index contributed by atoms with van der Waals surface area (Å²) in [6, 6.07) is 4.62. The molecule has 0 aromatic carbocycles. The van der Waals surface area contributed by atoms with Gasteiger partial charge in [0, 0.05) is 0 Å². The van der Waals surface area contributed by atoms with Gasteiger partial charge in [0.2, 0.25) is 0 Å². The van der Waals surface area contributed by atoms with Crippen LogP contribution >= 0.6 is 0 Å². The van der Waals surface area contributed by atoms with E-state index in [2.05, 4.69) is 32.9 Å². The third kappa shape index (κ3) is 6.41. The number of ether oxygens (including phenoxy) is 3. The fourth-order valence-electron chi connectivity index (χ4n) is 4.66. The van der Waals surface area contributed by atoms with E-state index < -0.39 is 24.0 Å². The predicted octanol–water partition coefficient (Wildman–Crippen LogP) is 5.55.